The average Bonchev–Trinajstić information content (AvgIpc) is 2.41. The largest absolute Gasteiger partial charge is 0.393 e. The Morgan fingerprint density at radius 3 is 2.63 bits per heavy atom. The van der Waals surface area contributed by atoms with Gasteiger partial charge < -0.3 is 10.6 Å². The normalized spacial score (nSPS) is 16.4. The van der Waals surface area contributed by atoms with E-state index in [-0.39, 0.29) is 11.8 Å². The molecule has 102 valence electrons. The number of carbonyl (C=O) groups is 1. The number of halogens is 1. The van der Waals surface area contributed by atoms with E-state index in [9.17, 15) is 4.79 Å². The van der Waals surface area contributed by atoms with Crippen LogP contribution in [0, 0.1) is 12.8 Å². The lowest BCUT2D eigenvalue weighted by atomic mass is 9.96. The van der Waals surface area contributed by atoms with Crippen LogP contribution in [-0.2, 0) is 0 Å². The van der Waals surface area contributed by atoms with Crippen molar-refractivity contribution >= 4 is 39.0 Å². The van der Waals surface area contributed by atoms with Crippen molar-refractivity contribution in [2.45, 2.75) is 19.8 Å². The predicted octanol–water partition coefficient (Wildman–Crippen LogP) is 2.90. The molecule has 5 heteroatoms. The van der Waals surface area contributed by atoms with Crippen LogP contribution >= 0.6 is 28.1 Å². The maximum atomic E-state index is 12.5. The van der Waals surface area contributed by atoms with Crippen molar-refractivity contribution in [3.05, 3.63) is 33.8 Å². The number of hydrogen-bond acceptors (Lipinski definition) is 2. The molecule has 2 rings (SSSR count). The van der Waals surface area contributed by atoms with Gasteiger partial charge in [0.05, 0.1) is 10.6 Å². The molecule has 0 saturated carbocycles. The van der Waals surface area contributed by atoms with Crippen LogP contribution in [-0.4, -0.2) is 28.9 Å². The van der Waals surface area contributed by atoms with Gasteiger partial charge in [0, 0.05) is 23.5 Å². The molecular weight excluding hydrogens is 324 g/mol. The lowest BCUT2D eigenvalue weighted by Gasteiger charge is -2.31. The van der Waals surface area contributed by atoms with Crippen molar-refractivity contribution < 1.29 is 4.79 Å². The molecule has 1 fully saturated rings. The standard InChI is InChI=1S/C14H17BrN2OS/c1-9-2-3-12(15)11(8-9)14(18)17-6-4-10(5-7-17)13(16)19/h2-3,8,10H,4-7H2,1H3,(H2,16,19). The van der Waals surface area contributed by atoms with E-state index in [1.165, 1.54) is 0 Å². The topological polar surface area (TPSA) is 46.3 Å². The summed E-state index contributed by atoms with van der Waals surface area (Å²) >= 11 is 8.46. The van der Waals surface area contributed by atoms with Gasteiger partial charge in [0.2, 0.25) is 0 Å². The van der Waals surface area contributed by atoms with E-state index in [0.717, 1.165) is 41.5 Å². The van der Waals surface area contributed by atoms with Crippen molar-refractivity contribution in [3.63, 3.8) is 0 Å². The number of hydrogen-bond donors (Lipinski definition) is 1. The third-order valence-electron chi connectivity index (χ3n) is 3.54. The SMILES string of the molecule is Cc1ccc(Br)c(C(=O)N2CCC(C(N)=S)CC2)c1. The number of likely N-dealkylation sites (tertiary alicyclic amines) is 1. The summed E-state index contributed by atoms with van der Waals surface area (Å²) in [5.41, 5.74) is 7.48. The van der Waals surface area contributed by atoms with Crippen LogP contribution in [0.4, 0.5) is 0 Å². The molecule has 1 saturated heterocycles. The first-order chi connectivity index (χ1) is 8.99. The number of benzene rings is 1. The smallest absolute Gasteiger partial charge is 0.255 e. The highest BCUT2D eigenvalue weighted by Gasteiger charge is 2.25. The van der Waals surface area contributed by atoms with Crippen molar-refractivity contribution in [2.75, 3.05) is 13.1 Å². The first kappa shape index (κ1) is 14.5. The highest BCUT2D eigenvalue weighted by Crippen LogP contribution is 2.23. The van der Waals surface area contributed by atoms with Crippen LogP contribution < -0.4 is 5.73 Å². The van der Waals surface area contributed by atoms with Crippen LogP contribution in [0.15, 0.2) is 22.7 Å². The van der Waals surface area contributed by atoms with Gasteiger partial charge in [0.1, 0.15) is 0 Å². The second-order valence-corrected chi connectivity index (χ2v) is 6.28. The average molecular weight is 341 g/mol. The summed E-state index contributed by atoms with van der Waals surface area (Å²) < 4.78 is 0.847. The molecule has 0 bridgehead atoms. The van der Waals surface area contributed by atoms with Crippen molar-refractivity contribution in [2.24, 2.45) is 11.7 Å². The van der Waals surface area contributed by atoms with E-state index >= 15 is 0 Å². The Hall–Kier alpha value is -0.940. The number of rotatable bonds is 2. The minimum Gasteiger partial charge on any atom is -0.393 e. The third kappa shape index (κ3) is 3.34. The number of piperidine rings is 1. The van der Waals surface area contributed by atoms with Crippen molar-refractivity contribution in [1.82, 2.24) is 4.90 Å². The Labute approximate surface area is 127 Å². The zero-order valence-corrected chi connectivity index (χ0v) is 13.3. The molecule has 1 aliphatic rings. The molecule has 0 atom stereocenters. The van der Waals surface area contributed by atoms with Crippen LogP contribution in [0.3, 0.4) is 0 Å². The lowest BCUT2D eigenvalue weighted by molar-refractivity contribution is 0.0709. The number of nitrogens with zero attached hydrogens (tertiary/aromatic N) is 1. The van der Waals surface area contributed by atoms with Gasteiger partial charge in [-0.15, -0.1) is 0 Å². The molecule has 1 aromatic carbocycles. The zero-order valence-electron chi connectivity index (χ0n) is 10.9. The minimum atomic E-state index is 0.0805. The molecular formula is C14H17BrN2OS. The Kier molecular flexibility index (Phi) is 4.58. The lowest BCUT2D eigenvalue weighted by Crippen LogP contribution is -2.41. The van der Waals surface area contributed by atoms with Crippen LogP contribution in [0.5, 0.6) is 0 Å². The van der Waals surface area contributed by atoms with E-state index in [1.807, 2.05) is 30.0 Å². The van der Waals surface area contributed by atoms with Gasteiger partial charge in [-0.3, -0.25) is 4.79 Å². The number of aryl methyl sites for hydroxylation is 1. The van der Waals surface area contributed by atoms with E-state index in [0.29, 0.717) is 4.99 Å². The fourth-order valence-corrected chi connectivity index (χ4v) is 2.99. The zero-order chi connectivity index (χ0) is 14.0. The quantitative estimate of drug-likeness (QED) is 0.842. The fourth-order valence-electron chi connectivity index (χ4n) is 2.34. The molecule has 19 heavy (non-hydrogen) atoms. The highest BCUT2D eigenvalue weighted by atomic mass is 79.9. The molecule has 0 spiro atoms. The molecule has 3 nitrogen and oxygen atoms in total. The first-order valence-electron chi connectivity index (χ1n) is 6.34. The number of nitrogens with two attached hydrogens (primary N) is 1. The summed E-state index contributed by atoms with van der Waals surface area (Å²) in [7, 11) is 0. The van der Waals surface area contributed by atoms with E-state index in [2.05, 4.69) is 15.9 Å². The Bertz CT molecular complexity index is 510. The summed E-state index contributed by atoms with van der Waals surface area (Å²) in [6.45, 7) is 3.44. The molecule has 1 aromatic rings. The van der Waals surface area contributed by atoms with Gasteiger partial charge in [-0.25, -0.2) is 0 Å². The van der Waals surface area contributed by atoms with Crippen LogP contribution in [0.2, 0.25) is 0 Å². The van der Waals surface area contributed by atoms with Crippen molar-refractivity contribution in [1.29, 1.82) is 0 Å². The number of thiocarbonyl (C=S) groups is 1. The predicted molar refractivity (Wildman–Crippen MR) is 84.3 cm³/mol. The van der Waals surface area contributed by atoms with E-state index < -0.39 is 0 Å². The molecule has 1 heterocycles. The van der Waals surface area contributed by atoms with Gasteiger partial charge in [-0.2, -0.15) is 0 Å². The maximum Gasteiger partial charge on any atom is 0.255 e. The van der Waals surface area contributed by atoms with Crippen LogP contribution in [0.1, 0.15) is 28.8 Å². The van der Waals surface area contributed by atoms with Crippen molar-refractivity contribution in [3.8, 4) is 0 Å². The van der Waals surface area contributed by atoms with Gasteiger partial charge in [0.15, 0.2) is 0 Å². The highest BCUT2D eigenvalue weighted by molar-refractivity contribution is 9.10. The second-order valence-electron chi connectivity index (χ2n) is 4.95. The summed E-state index contributed by atoms with van der Waals surface area (Å²) in [5, 5.41) is 0. The van der Waals surface area contributed by atoms with E-state index in [1.54, 1.807) is 0 Å². The third-order valence-corrected chi connectivity index (χ3v) is 4.56. The minimum absolute atomic E-state index is 0.0805. The number of amides is 1. The van der Waals surface area contributed by atoms with Gasteiger partial charge in [-0.05, 0) is 47.8 Å². The Morgan fingerprint density at radius 2 is 2.05 bits per heavy atom. The molecule has 0 unspecified atom stereocenters. The molecule has 1 aliphatic heterocycles. The second kappa shape index (κ2) is 6.01. The monoisotopic (exact) mass is 340 g/mol. The molecule has 0 radical (unpaired) electrons. The van der Waals surface area contributed by atoms with Gasteiger partial charge >= 0.3 is 0 Å². The molecule has 1 amide bonds. The summed E-state index contributed by atoms with van der Waals surface area (Å²) in [6.07, 6.45) is 1.73. The van der Waals surface area contributed by atoms with Gasteiger partial charge in [-0.1, -0.05) is 23.8 Å². The van der Waals surface area contributed by atoms with Gasteiger partial charge in [0.25, 0.3) is 5.91 Å². The molecule has 0 aromatic heterocycles. The maximum absolute atomic E-state index is 12.5. The van der Waals surface area contributed by atoms with E-state index in [4.69, 9.17) is 18.0 Å². The summed E-state index contributed by atoms with van der Waals surface area (Å²) in [5.74, 6) is 0.358. The summed E-state index contributed by atoms with van der Waals surface area (Å²) in [4.78, 5) is 14.9. The fraction of sp³-hybridized carbons (Fsp3) is 0.429. The molecule has 2 N–H and O–H groups in total. The molecule has 0 aliphatic carbocycles. The Morgan fingerprint density at radius 1 is 1.42 bits per heavy atom. The first-order valence-corrected chi connectivity index (χ1v) is 7.54. The Balaban J connectivity index is 2.09. The van der Waals surface area contributed by atoms with Crippen LogP contribution in [0.25, 0.3) is 0 Å². The summed E-state index contributed by atoms with van der Waals surface area (Å²) in [6, 6.07) is 5.83. The number of carbonyl (C=O) groups excluding carboxylic acids is 1.